The van der Waals surface area contributed by atoms with Gasteiger partial charge in [0.05, 0.1) is 23.6 Å². The van der Waals surface area contributed by atoms with E-state index in [1.165, 1.54) is 0 Å². The monoisotopic (exact) mass is 448 g/mol. The largest absolute Gasteiger partial charge is 0.462 e. The zero-order valence-electron chi connectivity index (χ0n) is 17.7. The van der Waals surface area contributed by atoms with Gasteiger partial charge in [0.15, 0.2) is 4.96 Å². The fourth-order valence-electron chi connectivity index (χ4n) is 3.93. The van der Waals surface area contributed by atoms with Crippen LogP contribution in [0, 0.1) is 0 Å². The number of nitrogens with one attached hydrogen (secondary N) is 2. The molecule has 0 amide bonds. The quantitative estimate of drug-likeness (QED) is 0.433. The summed E-state index contributed by atoms with van der Waals surface area (Å²) in [6.45, 7) is 4.12. The van der Waals surface area contributed by atoms with Crippen LogP contribution in [-0.2, 0) is 4.74 Å². The van der Waals surface area contributed by atoms with E-state index in [0.29, 0.717) is 24.2 Å². The van der Waals surface area contributed by atoms with Gasteiger partial charge in [-0.2, -0.15) is 0 Å². The van der Waals surface area contributed by atoms with Gasteiger partial charge in [-0.15, -0.1) is 11.3 Å². The highest BCUT2D eigenvalue weighted by atomic mass is 32.1. The number of nitrogens with zero attached hydrogens (tertiary/aromatic N) is 4. The zero-order valence-corrected chi connectivity index (χ0v) is 18.6. The molecule has 1 saturated heterocycles. The maximum Gasteiger partial charge on any atom is 0.338 e. The predicted molar refractivity (Wildman–Crippen MR) is 125 cm³/mol. The van der Waals surface area contributed by atoms with Crippen LogP contribution in [0.3, 0.4) is 0 Å². The second kappa shape index (κ2) is 9.05. The van der Waals surface area contributed by atoms with Crippen molar-refractivity contribution in [3.05, 3.63) is 53.7 Å². The average Bonchev–Trinajstić information content (AvgIpc) is 3.42. The van der Waals surface area contributed by atoms with E-state index in [1.54, 1.807) is 36.6 Å². The van der Waals surface area contributed by atoms with Crippen LogP contribution in [-0.4, -0.2) is 51.1 Å². The van der Waals surface area contributed by atoms with E-state index in [9.17, 15) is 4.79 Å². The van der Waals surface area contributed by atoms with Crippen LogP contribution in [0.25, 0.3) is 27.6 Å². The molecule has 0 bridgehead atoms. The molecule has 8 nitrogen and oxygen atoms in total. The van der Waals surface area contributed by atoms with E-state index in [-0.39, 0.29) is 5.97 Å². The molecule has 4 aromatic rings. The lowest BCUT2D eigenvalue weighted by Crippen LogP contribution is -2.38. The number of carbonyl (C=O) groups is 1. The van der Waals surface area contributed by atoms with E-state index >= 15 is 0 Å². The van der Waals surface area contributed by atoms with Gasteiger partial charge in [-0.3, -0.25) is 4.40 Å². The van der Waals surface area contributed by atoms with Crippen molar-refractivity contribution in [2.24, 2.45) is 0 Å². The number of ether oxygens (including phenoxy) is 1. The second-order valence-corrected chi connectivity index (χ2v) is 8.49. The minimum atomic E-state index is -0.325. The summed E-state index contributed by atoms with van der Waals surface area (Å²) >= 11 is 1.57. The summed E-state index contributed by atoms with van der Waals surface area (Å²) < 4.78 is 7.14. The smallest absolute Gasteiger partial charge is 0.338 e. The van der Waals surface area contributed by atoms with Gasteiger partial charge in [0.1, 0.15) is 5.69 Å². The SMILES string of the molecule is CCOC(=O)c1ccc(-c2nc3sccn3c2-c2ccnc(N[C@@H]3CCCNC3)n2)cc1. The highest BCUT2D eigenvalue weighted by Gasteiger charge is 2.20. The normalized spacial score (nSPS) is 16.2. The fraction of sp³-hybridized carbons (Fsp3) is 0.304. The molecule has 1 fully saturated rings. The first-order valence-corrected chi connectivity index (χ1v) is 11.6. The van der Waals surface area contributed by atoms with Crippen LogP contribution >= 0.6 is 11.3 Å². The summed E-state index contributed by atoms with van der Waals surface area (Å²) in [5, 5.41) is 8.87. The number of imidazole rings is 1. The first kappa shape index (κ1) is 20.6. The number of piperidine rings is 1. The number of hydrogen-bond acceptors (Lipinski definition) is 8. The van der Waals surface area contributed by atoms with E-state index in [4.69, 9.17) is 14.7 Å². The van der Waals surface area contributed by atoms with Crippen LogP contribution in [0.4, 0.5) is 5.95 Å². The molecule has 5 rings (SSSR count). The summed E-state index contributed by atoms with van der Waals surface area (Å²) in [7, 11) is 0. The number of aromatic nitrogens is 4. The van der Waals surface area contributed by atoms with Gasteiger partial charge >= 0.3 is 5.97 Å². The number of benzene rings is 1. The molecule has 0 unspecified atom stereocenters. The lowest BCUT2D eigenvalue weighted by Gasteiger charge is -2.23. The molecule has 32 heavy (non-hydrogen) atoms. The van der Waals surface area contributed by atoms with Crippen molar-refractivity contribution in [2.75, 3.05) is 25.0 Å². The van der Waals surface area contributed by atoms with E-state index in [0.717, 1.165) is 53.5 Å². The number of thiazole rings is 1. The maximum atomic E-state index is 12.0. The molecule has 1 aliphatic heterocycles. The minimum absolute atomic E-state index is 0.320. The van der Waals surface area contributed by atoms with E-state index in [2.05, 4.69) is 15.6 Å². The summed E-state index contributed by atoms with van der Waals surface area (Å²) in [6.07, 6.45) is 6.01. The van der Waals surface area contributed by atoms with Gasteiger partial charge in [-0.05, 0) is 44.5 Å². The molecule has 0 spiro atoms. The van der Waals surface area contributed by atoms with Crippen molar-refractivity contribution < 1.29 is 9.53 Å². The van der Waals surface area contributed by atoms with Gasteiger partial charge in [0.25, 0.3) is 0 Å². The standard InChI is InChI=1S/C23H24N6O2S/c1-2-31-21(30)16-7-5-15(6-8-16)19-20(29-12-13-32-23(29)28-19)18-9-11-25-22(27-18)26-17-4-3-10-24-14-17/h5-9,11-13,17,24H,2-4,10,14H2,1H3,(H,25,26,27)/t17-/m1/s1. The Morgan fingerprint density at radius 1 is 1.28 bits per heavy atom. The molecule has 3 aromatic heterocycles. The van der Waals surface area contributed by atoms with Crippen molar-refractivity contribution in [1.29, 1.82) is 0 Å². The van der Waals surface area contributed by atoms with Crippen molar-refractivity contribution in [3.63, 3.8) is 0 Å². The molecule has 1 aromatic carbocycles. The highest BCUT2D eigenvalue weighted by Crippen LogP contribution is 2.33. The Morgan fingerprint density at radius 3 is 2.94 bits per heavy atom. The Morgan fingerprint density at radius 2 is 2.16 bits per heavy atom. The van der Waals surface area contributed by atoms with Gasteiger partial charge in [-0.25, -0.2) is 19.7 Å². The fourth-order valence-corrected chi connectivity index (χ4v) is 4.64. The number of esters is 1. The number of hydrogen-bond donors (Lipinski definition) is 2. The highest BCUT2D eigenvalue weighted by molar-refractivity contribution is 7.15. The van der Waals surface area contributed by atoms with Gasteiger partial charge in [-0.1, -0.05) is 12.1 Å². The first-order valence-electron chi connectivity index (χ1n) is 10.8. The van der Waals surface area contributed by atoms with Crippen molar-refractivity contribution >= 4 is 28.2 Å². The van der Waals surface area contributed by atoms with Crippen LogP contribution in [0.15, 0.2) is 48.1 Å². The van der Waals surface area contributed by atoms with Crippen molar-refractivity contribution in [1.82, 2.24) is 24.7 Å². The maximum absolute atomic E-state index is 12.0. The number of rotatable bonds is 6. The molecule has 164 valence electrons. The summed E-state index contributed by atoms with van der Waals surface area (Å²) in [4.78, 5) is 27.0. The number of anilines is 1. The third-order valence-electron chi connectivity index (χ3n) is 5.46. The predicted octanol–water partition coefficient (Wildman–Crippen LogP) is 3.86. The molecule has 1 atom stereocenters. The molecule has 4 heterocycles. The van der Waals surface area contributed by atoms with Crippen molar-refractivity contribution in [3.8, 4) is 22.6 Å². The third kappa shape index (κ3) is 4.09. The van der Waals surface area contributed by atoms with Crippen LogP contribution < -0.4 is 10.6 Å². The Hall–Kier alpha value is -3.30. The van der Waals surface area contributed by atoms with E-state index in [1.807, 2.05) is 34.2 Å². The Bertz CT molecular complexity index is 1230. The molecule has 1 aliphatic rings. The average molecular weight is 449 g/mol. The third-order valence-corrected chi connectivity index (χ3v) is 6.22. The number of fused-ring (bicyclic) bond motifs is 1. The molecular formula is C23H24N6O2S. The molecule has 9 heteroatoms. The van der Waals surface area contributed by atoms with Gasteiger partial charge in [0.2, 0.25) is 5.95 Å². The molecule has 2 N–H and O–H groups in total. The molecular weight excluding hydrogens is 424 g/mol. The Balaban J connectivity index is 1.51. The van der Waals surface area contributed by atoms with Crippen molar-refractivity contribution in [2.45, 2.75) is 25.8 Å². The van der Waals surface area contributed by atoms with Crippen LogP contribution in [0.5, 0.6) is 0 Å². The lowest BCUT2D eigenvalue weighted by molar-refractivity contribution is 0.0526. The van der Waals surface area contributed by atoms with Crippen LogP contribution in [0.2, 0.25) is 0 Å². The van der Waals surface area contributed by atoms with E-state index < -0.39 is 0 Å². The molecule has 0 radical (unpaired) electrons. The van der Waals surface area contributed by atoms with Gasteiger partial charge < -0.3 is 15.4 Å². The van der Waals surface area contributed by atoms with Gasteiger partial charge in [0, 0.05) is 35.9 Å². The number of carbonyl (C=O) groups excluding carboxylic acids is 1. The minimum Gasteiger partial charge on any atom is -0.462 e. The Labute approximate surface area is 189 Å². The topological polar surface area (TPSA) is 93.4 Å². The molecule has 0 aliphatic carbocycles. The first-order chi connectivity index (χ1) is 15.7. The van der Waals surface area contributed by atoms with Crippen LogP contribution in [0.1, 0.15) is 30.1 Å². The summed E-state index contributed by atoms with van der Waals surface area (Å²) in [5.41, 5.74) is 3.94. The second-order valence-electron chi connectivity index (χ2n) is 7.62. The lowest BCUT2D eigenvalue weighted by atomic mass is 10.1. The Kier molecular flexibility index (Phi) is 5.83. The summed E-state index contributed by atoms with van der Waals surface area (Å²) in [6, 6.07) is 9.57. The summed E-state index contributed by atoms with van der Waals surface area (Å²) in [5.74, 6) is 0.291. The molecule has 0 saturated carbocycles. The zero-order chi connectivity index (χ0) is 21.9.